The Labute approximate surface area is 183 Å². The topological polar surface area (TPSA) is 62.7 Å². The molecule has 5 nitrogen and oxygen atoms in total. The molecule has 0 amide bonds. The van der Waals surface area contributed by atoms with Gasteiger partial charge in [-0.15, -0.1) is 24.0 Å². The standard InChI is InChI=1S/C20H35N3O2S.HI/c1-3-21-19(22-14-7-5-8-15(13-14)26(24)4-2)23-17-16-9-12-25-18(16)20(17)10-6-11-20;/h14-18H,3-13H2,1-2H3,(H2,21,22,23);1H. The lowest BCUT2D eigenvalue weighted by Crippen LogP contribution is -2.72. The molecule has 6 unspecified atom stereocenters. The van der Waals surface area contributed by atoms with E-state index in [9.17, 15) is 4.21 Å². The molecular formula is C20H36IN3O2S. The second-order valence-electron chi connectivity index (χ2n) is 8.57. The van der Waals surface area contributed by atoms with Gasteiger partial charge in [0.2, 0.25) is 0 Å². The maximum absolute atomic E-state index is 12.2. The number of nitrogens with one attached hydrogen (secondary N) is 2. The molecule has 1 spiro atoms. The van der Waals surface area contributed by atoms with Crippen molar-refractivity contribution in [1.29, 1.82) is 0 Å². The van der Waals surface area contributed by atoms with E-state index in [0.29, 0.717) is 34.8 Å². The van der Waals surface area contributed by atoms with Crippen LogP contribution in [0.4, 0.5) is 0 Å². The van der Waals surface area contributed by atoms with E-state index in [1.54, 1.807) is 0 Å². The van der Waals surface area contributed by atoms with Crippen molar-refractivity contribution in [3.05, 3.63) is 0 Å². The van der Waals surface area contributed by atoms with E-state index in [1.807, 2.05) is 6.92 Å². The quantitative estimate of drug-likeness (QED) is 0.340. The Kier molecular flexibility index (Phi) is 7.50. The third kappa shape index (κ3) is 4.06. The number of rotatable bonds is 5. The second-order valence-corrected chi connectivity index (χ2v) is 10.6. The van der Waals surface area contributed by atoms with Crippen molar-refractivity contribution in [3.63, 3.8) is 0 Å². The fourth-order valence-electron chi connectivity index (χ4n) is 5.84. The van der Waals surface area contributed by atoms with Gasteiger partial charge in [0.1, 0.15) is 0 Å². The Bertz CT molecular complexity index is 569. The summed E-state index contributed by atoms with van der Waals surface area (Å²) in [5.41, 5.74) is 0.371. The zero-order valence-corrected chi connectivity index (χ0v) is 19.9. The Morgan fingerprint density at radius 3 is 2.67 bits per heavy atom. The molecule has 0 bridgehead atoms. The van der Waals surface area contributed by atoms with Crippen molar-refractivity contribution in [2.75, 3.05) is 18.9 Å². The van der Waals surface area contributed by atoms with Gasteiger partial charge in [0.05, 0.1) is 6.10 Å². The fourth-order valence-corrected chi connectivity index (χ4v) is 7.19. The van der Waals surface area contributed by atoms with Gasteiger partial charge in [-0.1, -0.05) is 19.8 Å². The summed E-state index contributed by atoms with van der Waals surface area (Å²) in [6, 6.07) is 0.917. The predicted molar refractivity (Wildman–Crippen MR) is 122 cm³/mol. The van der Waals surface area contributed by atoms with Crippen LogP contribution >= 0.6 is 24.0 Å². The minimum atomic E-state index is -0.679. The molecule has 7 heteroatoms. The lowest BCUT2D eigenvalue weighted by molar-refractivity contribution is -0.171. The van der Waals surface area contributed by atoms with Gasteiger partial charge in [0.15, 0.2) is 5.96 Å². The first-order valence-electron chi connectivity index (χ1n) is 10.7. The predicted octanol–water partition coefficient (Wildman–Crippen LogP) is 3.20. The molecule has 3 aliphatic carbocycles. The smallest absolute Gasteiger partial charge is 0.191 e. The third-order valence-corrected chi connectivity index (χ3v) is 9.01. The van der Waals surface area contributed by atoms with E-state index in [4.69, 9.17) is 9.73 Å². The Hall–Kier alpha value is 0.110. The molecule has 0 aromatic heterocycles. The van der Waals surface area contributed by atoms with Crippen molar-refractivity contribution < 1.29 is 8.95 Å². The number of ether oxygens (including phenoxy) is 1. The molecule has 27 heavy (non-hydrogen) atoms. The van der Waals surface area contributed by atoms with Gasteiger partial charge in [-0.3, -0.25) is 9.20 Å². The van der Waals surface area contributed by atoms with Crippen molar-refractivity contribution in [2.45, 2.75) is 88.7 Å². The highest BCUT2D eigenvalue weighted by Crippen LogP contribution is 2.62. The zero-order valence-electron chi connectivity index (χ0n) is 16.7. The van der Waals surface area contributed by atoms with E-state index in [0.717, 1.165) is 44.1 Å². The molecule has 4 fully saturated rings. The van der Waals surface area contributed by atoms with E-state index < -0.39 is 10.8 Å². The molecule has 3 saturated carbocycles. The highest BCUT2D eigenvalue weighted by atomic mass is 127. The minimum absolute atomic E-state index is 0. The van der Waals surface area contributed by atoms with Crippen LogP contribution in [-0.4, -0.2) is 52.5 Å². The fraction of sp³-hybridized carbons (Fsp3) is 0.950. The first-order valence-corrected chi connectivity index (χ1v) is 12.1. The van der Waals surface area contributed by atoms with Gasteiger partial charge in [0, 0.05) is 58.4 Å². The van der Waals surface area contributed by atoms with Crippen molar-refractivity contribution in [2.24, 2.45) is 16.3 Å². The molecule has 1 saturated heterocycles. The SMILES string of the molecule is CCN=C(NC1CCCC(S(=O)CC)C1)NC1C2CCOC2C12CCC2.I. The molecule has 156 valence electrons. The third-order valence-electron chi connectivity index (χ3n) is 7.27. The van der Waals surface area contributed by atoms with E-state index in [2.05, 4.69) is 17.6 Å². The molecule has 4 rings (SSSR count). The van der Waals surface area contributed by atoms with Gasteiger partial charge >= 0.3 is 0 Å². The Balaban J connectivity index is 0.00000210. The lowest BCUT2D eigenvalue weighted by Gasteiger charge is -2.63. The highest BCUT2D eigenvalue weighted by Gasteiger charge is 2.66. The maximum Gasteiger partial charge on any atom is 0.191 e. The Morgan fingerprint density at radius 2 is 2.00 bits per heavy atom. The number of guanidine groups is 1. The number of hydrogen-bond donors (Lipinski definition) is 2. The van der Waals surface area contributed by atoms with Gasteiger partial charge in [-0.2, -0.15) is 0 Å². The highest BCUT2D eigenvalue weighted by molar-refractivity contribution is 14.0. The summed E-state index contributed by atoms with van der Waals surface area (Å²) in [4.78, 5) is 4.75. The Morgan fingerprint density at radius 1 is 1.19 bits per heavy atom. The summed E-state index contributed by atoms with van der Waals surface area (Å²) in [7, 11) is -0.679. The number of nitrogens with zero attached hydrogens (tertiary/aromatic N) is 1. The summed E-state index contributed by atoms with van der Waals surface area (Å²) < 4.78 is 18.3. The van der Waals surface area contributed by atoms with Crippen LogP contribution in [0.5, 0.6) is 0 Å². The summed E-state index contributed by atoms with van der Waals surface area (Å²) in [6.45, 7) is 5.85. The van der Waals surface area contributed by atoms with Gasteiger partial charge < -0.3 is 15.4 Å². The number of fused-ring (bicyclic) bond motifs is 2. The van der Waals surface area contributed by atoms with Crippen LogP contribution in [-0.2, 0) is 15.5 Å². The molecule has 0 radical (unpaired) electrons. The first-order chi connectivity index (χ1) is 12.7. The molecule has 0 aromatic carbocycles. The van der Waals surface area contributed by atoms with Crippen LogP contribution in [0.15, 0.2) is 4.99 Å². The number of hydrogen-bond acceptors (Lipinski definition) is 3. The minimum Gasteiger partial charge on any atom is -0.377 e. The molecule has 1 heterocycles. The van der Waals surface area contributed by atoms with Crippen LogP contribution in [0.3, 0.4) is 0 Å². The summed E-state index contributed by atoms with van der Waals surface area (Å²) in [5, 5.41) is 7.85. The first kappa shape index (κ1) is 21.8. The van der Waals surface area contributed by atoms with E-state index in [1.165, 1.54) is 32.1 Å². The van der Waals surface area contributed by atoms with Gasteiger partial charge in [-0.25, -0.2) is 0 Å². The zero-order chi connectivity index (χ0) is 18.1. The molecule has 0 aromatic rings. The average Bonchev–Trinajstić information content (AvgIpc) is 3.03. The lowest BCUT2D eigenvalue weighted by atomic mass is 9.46. The largest absolute Gasteiger partial charge is 0.377 e. The summed E-state index contributed by atoms with van der Waals surface area (Å²) in [5.74, 6) is 2.41. The van der Waals surface area contributed by atoms with Crippen LogP contribution in [0.25, 0.3) is 0 Å². The average molecular weight is 509 g/mol. The number of aliphatic imine (C=N–C) groups is 1. The van der Waals surface area contributed by atoms with Crippen molar-refractivity contribution in [1.82, 2.24) is 10.6 Å². The van der Waals surface area contributed by atoms with Crippen LogP contribution in [0.1, 0.15) is 65.2 Å². The number of halogens is 1. The summed E-state index contributed by atoms with van der Waals surface area (Å²) in [6.07, 6.45) is 10.1. The molecule has 4 aliphatic rings. The van der Waals surface area contributed by atoms with Crippen molar-refractivity contribution in [3.8, 4) is 0 Å². The van der Waals surface area contributed by atoms with Crippen LogP contribution < -0.4 is 10.6 Å². The van der Waals surface area contributed by atoms with Crippen LogP contribution in [0, 0.1) is 11.3 Å². The molecule has 2 N–H and O–H groups in total. The van der Waals surface area contributed by atoms with E-state index >= 15 is 0 Å². The van der Waals surface area contributed by atoms with Crippen LogP contribution in [0.2, 0.25) is 0 Å². The molecule has 6 atom stereocenters. The maximum atomic E-state index is 12.2. The normalized spacial score (nSPS) is 38.1. The second kappa shape index (κ2) is 9.28. The molecule has 1 aliphatic heterocycles. The van der Waals surface area contributed by atoms with E-state index in [-0.39, 0.29) is 24.0 Å². The molecular weight excluding hydrogens is 473 g/mol. The summed E-state index contributed by atoms with van der Waals surface area (Å²) >= 11 is 0. The van der Waals surface area contributed by atoms with Gasteiger partial charge in [0.25, 0.3) is 0 Å². The van der Waals surface area contributed by atoms with Crippen molar-refractivity contribution >= 4 is 40.7 Å². The van der Waals surface area contributed by atoms with Gasteiger partial charge in [-0.05, 0) is 45.4 Å². The monoisotopic (exact) mass is 509 g/mol.